The Morgan fingerprint density at radius 1 is 1.50 bits per heavy atom. The van der Waals surface area contributed by atoms with Crippen LogP contribution < -0.4 is 0 Å². The van der Waals surface area contributed by atoms with Gasteiger partial charge in [0.2, 0.25) is 0 Å². The van der Waals surface area contributed by atoms with Gasteiger partial charge < -0.3 is 4.74 Å². The van der Waals surface area contributed by atoms with Crippen LogP contribution in [0.2, 0.25) is 0 Å². The van der Waals surface area contributed by atoms with Gasteiger partial charge in [0.25, 0.3) is 0 Å². The van der Waals surface area contributed by atoms with Crippen molar-refractivity contribution in [3.63, 3.8) is 0 Å². The zero-order valence-electron chi connectivity index (χ0n) is 7.96. The lowest BCUT2D eigenvalue weighted by Crippen LogP contribution is -2.29. The Morgan fingerprint density at radius 3 is 2.67 bits per heavy atom. The van der Waals surface area contributed by atoms with Gasteiger partial charge in [0.15, 0.2) is 5.78 Å². The summed E-state index contributed by atoms with van der Waals surface area (Å²) in [6.07, 6.45) is 3.60. The molecule has 0 aromatic carbocycles. The molecule has 1 rings (SSSR count). The minimum Gasteiger partial charge on any atom is -0.494 e. The molecule has 12 heavy (non-hydrogen) atoms. The van der Waals surface area contributed by atoms with Crippen molar-refractivity contribution in [2.24, 2.45) is 5.92 Å². The number of ketones is 1. The molecular weight excluding hydrogens is 152 g/mol. The van der Waals surface area contributed by atoms with Crippen molar-refractivity contribution < 1.29 is 9.53 Å². The van der Waals surface area contributed by atoms with Gasteiger partial charge in [-0.25, -0.2) is 0 Å². The van der Waals surface area contributed by atoms with Gasteiger partial charge in [-0.05, 0) is 13.3 Å². The molecule has 0 spiro atoms. The molecule has 2 unspecified atom stereocenters. The van der Waals surface area contributed by atoms with Crippen molar-refractivity contribution in [2.75, 3.05) is 0 Å². The number of allylic oxidation sites excluding steroid dienone is 2. The zero-order chi connectivity index (χ0) is 9.14. The molecule has 0 aromatic rings. The lowest BCUT2D eigenvalue weighted by molar-refractivity contribution is -0.123. The largest absolute Gasteiger partial charge is 0.494 e. The van der Waals surface area contributed by atoms with Crippen LogP contribution in [0.5, 0.6) is 0 Å². The highest BCUT2D eigenvalue weighted by Gasteiger charge is 2.25. The molecule has 0 aromatic heterocycles. The van der Waals surface area contributed by atoms with Gasteiger partial charge >= 0.3 is 0 Å². The van der Waals surface area contributed by atoms with Crippen LogP contribution in [0, 0.1) is 5.92 Å². The highest BCUT2D eigenvalue weighted by Crippen LogP contribution is 2.22. The van der Waals surface area contributed by atoms with Crippen molar-refractivity contribution >= 4 is 5.78 Å². The molecule has 0 saturated carbocycles. The Hall–Kier alpha value is -0.790. The van der Waals surface area contributed by atoms with E-state index >= 15 is 0 Å². The van der Waals surface area contributed by atoms with E-state index in [2.05, 4.69) is 6.92 Å². The fourth-order valence-corrected chi connectivity index (χ4v) is 1.27. The van der Waals surface area contributed by atoms with Gasteiger partial charge in [-0.2, -0.15) is 0 Å². The standard InChI is InChI=1S/C10H16O2/c1-4-5-9-6-10(11)7(2)8(3)12-9/h6-8H,4-5H2,1-3H3. The van der Waals surface area contributed by atoms with Crippen molar-refractivity contribution in [3.05, 3.63) is 11.8 Å². The van der Waals surface area contributed by atoms with Crippen LogP contribution >= 0.6 is 0 Å². The summed E-state index contributed by atoms with van der Waals surface area (Å²) >= 11 is 0. The molecule has 0 aliphatic carbocycles. The maximum absolute atomic E-state index is 11.3. The van der Waals surface area contributed by atoms with E-state index in [0.717, 1.165) is 18.6 Å². The first-order chi connectivity index (χ1) is 5.65. The van der Waals surface area contributed by atoms with E-state index in [0.29, 0.717) is 0 Å². The average molecular weight is 168 g/mol. The Balaban J connectivity index is 2.67. The van der Waals surface area contributed by atoms with E-state index in [1.54, 1.807) is 6.08 Å². The van der Waals surface area contributed by atoms with Crippen LogP contribution in [0.15, 0.2) is 11.8 Å². The van der Waals surface area contributed by atoms with E-state index in [4.69, 9.17) is 4.74 Å². The number of rotatable bonds is 2. The molecule has 68 valence electrons. The SMILES string of the molecule is CCCC1=CC(=O)C(C)C(C)O1. The highest BCUT2D eigenvalue weighted by atomic mass is 16.5. The fourth-order valence-electron chi connectivity index (χ4n) is 1.27. The number of ether oxygens (including phenoxy) is 1. The Labute approximate surface area is 73.6 Å². The van der Waals surface area contributed by atoms with E-state index < -0.39 is 0 Å². The molecule has 0 N–H and O–H groups in total. The highest BCUT2D eigenvalue weighted by molar-refractivity contribution is 5.92. The summed E-state index contributed by atoms with van der Waals surface area (Å²) in [5.41, 5.74) is 0. The van der Waals surface area contributed by atoms with Gasteiger partial charge in [0.1, 0.15) is 6.10 Å². The molecule has 2 nitrogen and oxygen atoms in total. The van der Waals surface area contributed by atoms with Crippen molar-refractivity contribution in [2.45, 2.75) is 39.7 Å². The first-order valence-corrected chi connectivity index (χ1v) is 4.56. The van der Waals surface area contributed by atoms with Crippen molar-refractivity contribution in [1.29, 1.82) is 0 Å². The molecule has 1 aliphatic heterocycles. The molecule has 2 atom stereocenters. The van der Waals surface area contributed by atoms with Crippen molar-refractivity contribution in [1.82, 2.24) is 0 Å². The normalized spacial score (nSPS) is 29.6. The lowest BCUT2D eigenvalue weighted by atomic mass is 9.97. The number of hydrogen-bond donors (Lipinski definition) is 0. The Kier molecular flexibility index (Phi) is 2.90. The summed E-state index contributed by atoms with van der Waals surface area (Å²) in [5, 5.41) is 0. The van der Waals surface area contributed by atoms with E-state index in [9.17, 15) is 4.79 Å². The second-order valence-corrected chi connectivity index (χ2v) is 3.37. The van der Waals surface area contributed by atoms with Crippen LogP contribution in [-0.4, -0.2) is 11.9 Å². The van der Waals surface area contributed by atoms with E-state index in [1.165, 1.54) is 0 Å². The predicted octanol–water partition coefficient (Wildman–Crippen LogP) is 2.29. The number of hydrogen-bond acceptors (Lipinski definition) is 2. The fraction of sp³-hybridized carbons (Fsp3) is 0.700. The molecule has 0 radical (unpaired) electrons. The average Bonchev–Trinajstić information content (AvgIpc) is 2.01. The van der Waals surface area contributed by atoms with Gasteiger partial charge in [-0.15, -0.1) is 0 Å². The molecule has 1 aliphatic rings. The molecular formula is C10H16O2. The third kappa shape index (κ3) is 1.87. The Morgan fingerprint density at radius 2 is 2.17 bits per heavy atom. The summed E-state index contributed by atoms with van der Waals surface area (Å²) in [4.78, 5) is 11.3. The van der Waals surface area contributed by atoms with Crippen LogP contribution in [0.25, 0.3) is 0 Å². The monoisotopic (exact) mass is 168 g/mol. The van der Waals surface area contributed by atoms with Gasteiger partial charge in [-0.3, -0.25) is 4.79 Å². The molecule has 0 saturated heterocycles. The predicted molar refractivity (Wildman–Crippen MR) is 47.7 cm³/mol. The third-order valence-corrected chi connectivity index (χ3v) is 2.29. The van der Waals surface area contributed by atoms with Crippen LogP contribution in [-0.2, 0) is 9.53 Å². The Bertz CT molecular complexity index is 206. The first-order valence-electron chi connectivity index (χ1n) is 4.56. The maximum atomic E-state index is 11.3. The topological polar surface area (TPSA) is 26.3 Å². The van der Waals surface area contributed by atoms with Crippen molar-refractivity contribution in [3.8, 4) is 0 Å². The maximum Gasteiger partial charge on any atom is 0.165 e. The summed E-state index contributed by atoms with van der Waals surface area (Å²) in [6.45, 7) is 5.94. The van der Waals surface area contributed by atoms with Crippen LogP contribution in [0.4, 0.5) is 0 Å². The second-order valence-electron chi connectivity index (χ2n) is 3.37. The smallest absolute Gasteiger partial charge is 0.165 e. The quantitative estimate of drug-likeness (QED) is 0.632. The first kappa shape index (κ1) is 9.30. The summed E-state index contributed by atoms with van der Waals surface area (Å²) < 4.78 is 5.55. The van der Waals surface area contributed by atoms with Crippen LogP contribution in [0.1, 0.15) is 33.6 Å². The van der Waals surface area contributed by atoms with Gasteiger partial charge in [0.05, 0.1) is 11.7 Å². The second kappa shape index (κ2) is 3.74. The minimum atomic E-state index is 0.0191. The van der Waals surface area contributed by atoms with Gasteiger partial charge in [0, 0.05) is 12.5 Å². The lowest BCUT2D eigenvalue weighted by Gasteiger charge is -2.25. The number of carbonyl (C=O) groups excluding carboxylic acids is 1. The van der Waals surface area contributed by atoms with Crippen LogP contribution in [0.3, 0.4) is 0 Å². The van der Waals surface area contributed by atoms with E-state index in [1.807, 2.05) is 13.8 Å². The summed E-state index contributed by atoms with van der Waals surface area (Å²) in [6, 6.07) is 0. The summed E-state index contributed by atoms with van der Waals surface area (Å²) in [5.74, 6) is 1.08. The molecule has 0 bridgehead atoms. The number of carbonyl (C=O) groups is 1. The zero-order valence-corrected chi connectivity index (χ0v) is 7.96. The molecule has 0 amide bonds. The van der Waals surface area contributed by atoms with E-state index in [-0.39, 0.29) is 17.8 Å². The third-order valence-electron chi connectivity index (χ3n) is 2.29. The molecule has 1 heterocycles. The molecule has 2 heteroatoms. The van der Waals surface area contributed by atoms with Gasteiger partial charge in [-0.1, -0.05) is 13.8 Å². The summed E-state index contributed by atoms with van der Waals surface area (Å²) in [7, 11) is 0. The minimum absolute atomic E-state index is 0.0191. The molecule has 0 fully saturated rings.